The van der Waals surface area contributed by atoms with Crippen LogP contribution < -0.4 is 0 Å². The molecule has 0 N–H and O–H groups in total. The highest BCUT2D eigenvalue weighted by molar-refractivity contribution is 5.77. The second-order valence-corrected chi connectivity index (χ2v) is 6.33. The van der Waals surface area contributed by atoms with Crippen LogP contribution >= 0.6 is 0 Å². The molecule has 0 amide bonds. The van der Waals surface area contributed by atoms with Crippen molar-refractivity contribution in [1.29, 1.82) is 0 Å². The molecule has 3 rings (SSSR count). The average molecular weight is 282 g/mol. The standard InChI is InChI=1S/C19H22O2/c1-12(2)18-10-15(21-13(3)20)11-19-16-7-5-4-6-14(16)8-9-17(18)19/h4-7,10,12,18H,8-9,11H2,1-3H3. The Kier molecular flexibility index (Phi) is 3.71. The summed E-state index contributed by atoms with van der Waals surface area (Å²) in [7, 11) is 0. The number of carbonyl (C=O) groups is 1. The molecule has 1 aromatic rings. The third-order valence-corrected chi connectivity index (χ3v) is 4.51. The molecule has 1 atom stereocenters. The average Bonchev–Trinajstić information content (AvgIpc) is 2.45. The Hall–Kier alpha value is -1.83. The number of benzene rings is 1. The van der Waals surface area contributed by atoms with E-state index in [0.29, 0.717) is 11.8 Å². The van der Waals surface area contributed by atoms with Crippen LogP contribution in [-0.2, 0) is 16.0 Å². The molecule has 0 aromatic heterocycles. The molecular formula is C19H22O2. The summed E-state index contributed by atoms with van der Waals surface area (Å²) in [5.41, 5.74) is 5.69. The number of rotatable bonds is 2. The Morgan fingerprint density at radius 1 is 1.24 bits per heavy atom. The Balaban J connectivity index is 2.04. The number of allylic oxidation sites excluding steroid dienone is 3. The molecule has 0 heterocycles. The van der Waals surface area contributed by atoms with E-state index in [1.807, 2.05) is 0 Å². The molecule has 1 aromatic carbocycles. The van der Waals surface area contributed by atoms with Gasteiger partial charge >= 0.3 is 5.97 Å². The lowest BCUT2D eigenvalue weighted by molar-refractivity contribution is -0.137. The molecule has 0 fully saturated rings. The van der Waals surface area contributed by atoms with E-state index in [9.17, 15) is 4.79 Å². The zero-order chi connectivity index (χ0) is 15.0. The molecule has 0 bridgehead atoms. The normalized spacial score (nSPS) is 20.8. The van der Waals surface area contributed by atoms with Crippen LogP contribution in [0.4, 0.5) is 0 Å². The monoisotopic (exact) mass is 282 g/mol. The van der Waals surface area contributed by atoms with Gasteiger partial charge in [0, 0.05) is 19.3 Å². The predicted molar refractivity (Wildman–Crippen MR) is 84.5 cm³/mol. The summed E-state index contributed by atoms with van der Waals surface area (Å²) in [6.45, 7) is 5.95. The molecule has 1 unspecified atom stereocenters. The first-order valence-corrected chi connectivity index (χ1v) is 7.75. The summed E-state index contributed by atoms with van der Waals surface area (Å²) in [6, 6.07) is 8.63. The largest absolute Gasteiger partial charge is 0.431 e. The highest BCUT2D eigenvalue weighted by atomic mass is 16.5. The number of hydrogen-bond acceptors (Lipinski definition) is 2. The fraction of sp³-hybridized carbons (Fsp3) is 0.421. The van der Waals surface area contributed by atoms with Crippen LogP contribution in [0.1, 0.15) is 44.7 Å². The molecule has 0 saturated carbocycles. The molecule has 0 aliphatic heterocycles. The van der Waals surface area contributed by atoms with Gasteiger partial charge in [0.2, 0.25) is 0 Å². The number of fused-ring (bicyclic) bond motifs is 2. The van der Waals surface area contributed by atoms with Crippen molar-refractivity contribution in [2.75, 3.05) is 0 Å². The van der Waals surface area contributed by atoms with Gasteiger partial charge in [-0.15, -0.1) is 0 Å². The Morgan fingerprint density at radius 3 is 2.71 bits per heavy atom. The van der Waals surface area contributed by atoms with Gasteiger partial charge in [-0.2, -0.15) is 0 Å². The van der Waals surface area contributed by atoms with Gasteiger partial charge in [0.05, 0.1) is 0 Å². The molecule has 0 spiro atoms. The van der Waals surface area contributed by atoms with Crippen LogP contribution in [0.3, 0.4) is 0 Å². The van der Waals surface area contributed by atoms with E-state index in [4.69, 9.17) is 4.74 Å². The van der Waals surface area contributed by atoms with Gasteiger partial charge < -0.3 is 4.74 Å². The van der Waals surface area contributed by atoms with Crippen LogP contribution in [0.2, 0.25) is 0 Å². The minimum absolute atomic E-state index is 0.225. The minimum atomic E-state index is -0.225. The van der Waals surface area contributed by atoms with Crippen molar-refractivity contribution in [2.45, 2.75) is 40.0 Å². The van der Waals surface area contributed by atoms with E-state index in [1.54, 1.807) is 5.57 Å². The van der Waals surface area contributed by atoms with Crippen molar-refractivity contribution in [3.8, 4) is 0 Å². The highest BCUT2D eigenvalue weighted by Gasteiger charge is 2.30. The SMILES string of the molecule is CC(=O)OC1=CC(C(C)C)C2=C(C1)c1ccccc1CC2. The van der Waals surface area contributed by atoms with Crippen LogP contribution in [-0.4, -0.2) is 5.97 Å². The second-order valence-electron chi connectivity index (χ2n) is 6.33. The smallest absolute Gasteiger partial charge is 0.307 e. The number of aryl methyl sites for hydroxylation is 1. The maximum Gasteiger partial charge on any atom is 0.307 e. The van der Waals surface area contributed by atoms with Crippen molar-refractivity contribution in [1.82, 2.24) is 0 Å². The first-order chi connectivity index (χ1) is 10.1. The Labute approximate surface area is 126 Å². The van der Waals surface area contributed by atoms with Gasteiger partial charge in [-0.05, 0) is 41.5 Å². The van der Waals surface area contributed by atoms with Gasteiger partial charge in [-0.1, -0.05) is 43.7 Å². The first kappa shape index (κ1) is 14.1. The molecular weight excluding hydrogens is 260 g/mol. The van der Waals surface area contributed by atoms with Gasteiger partial charge in [0.15, 0.2) is 0 Å². The minimum Gasteiger partial charge on any atom is -0.431 e. The second kappa shape index (κ2) is 5.51. The fourth-order valence-corrected chi connectivity index (χ4v) is 3.59. The first-order valence-electron chi connectivity index (χ1n) is 7.75. The topological polar surface area (TPSA) is 26.3 Å². The highest BCUT2D eigenvalue weighted by Crippen LogP contribution is 2.44. The van der Waals surface area contributed by atoms with E-state index in [0.717, 1.165) is 25.0 Å². The van der Waals surface area contributed by atoms with Gasteiger partial charge in [-0.25, -0.2) is 0 Å². The van der Waals surface area contributed by atoms with E-state index >= 15 is 0 Å². The fourth-order valence-electron chi connectivity index (χ4n) is 3.59. The van der Waals surface area contributed by atoms with Crippen molar-refractivity contribution >= 4 is 11.5 Å². The van der Waals surface area contributed by atoms with E-state index in [2.05, 4.69) is 44.2 Å². The number of carbonyl (C=O) groups excluding carboxylic acids is 1. The van der Waals surface area contributed by atoms with E-state index in [-0.39, 0.29) is 5.97 Å². The van der Waals surface area contributed by atoms with E-state index < -0.39 is 0 Å². The summed E-state index contributed by atoms with van der Waals surface area (Å²) >= 11 is 0. The number of hydrogen-bond donors (Lipinski definition) is 0. The molecule has 2 aliphatic rings. The molecule has 110 valence electrons. The van der Waals surface area contributed by atoms with Gasteiger partial charge in [-0.3, -0.25) is 4.79 Å². The zero-order valence-electron chi connectivity index (χ0n) is 13.0. The zero-order valence-corrected chi connectivity index (χ0v) is 13.0. The quantitative estimate of drug-likeness (QED) is 0.746. The van der Waals surface area contributed by atoms with Crippen LogP contribution in [0.15, 0.2) is 41.7 Å². The lowest BCUT2D eigenvalue weighted by Crippen LogP contribution is -2.21. The Morgan fingerprint density at radius 2 is 2.00 bits per heavy atom. The van der Waals surface area contributed by atoms with Crippen molar-refractivity contribution in [3.05, 3.63) is 52.8 Å². The van der Waals surface area contributed by atoms with Crippen LogP contribution in [0.25, 0.3) is 5.57 Å². The molecule has 2 aliphatic carbocycles. The van der Waals surface area contributed by atoms with E-state index in [1.165, 1.54) is 23.6 Å². The maximum atomic E-state index is 11.3. The number of esters is 1. The summed E-state index contributed by atoms with van der Waals surface area (Å²) in [4.78, 5) is 11.3. The summed E-state index contributed by atoms with van der Waals surface area (Å²) in [6.07, 6.45) is 5.15. The van der Waals surface area contributed by atoms with Crippen molar-refractivity contribution in [2.24, 2.45) is 11.8 Å². The predicted octanol–water partition coefficient (Wildman–Crippen LogP) is 4.51. The number of ether oxygens (including phenoxy) is 1. The lowest BCUT2D eigenvalue weighted by Gasteiger charge is -2.33. The maximum absolute atomic E-state index is 11.3. The van der Waals surface area contributed by atoms with Crippen molar-refractivity contribution < 1.29 is 9.53 Å². The third-order valence-electron chi connectivity index (χ3n) is 4.51. The molecule has 0 saturated heterocycles. The molecule has 2 nitrogen and oxygen atoms in total. The molecule has 21 heavy (non-hydrogen) atoms. The third kappa shape index (κ3) is 2.67. The Bertz CT molecular complexity index is 635. The lowest BCUT2D eigenvalue weighted by atomic mass is 9.72. The van der Waals surface area contributed by atoms with Gasteiger partial charge in [0.1, 0.15) is 5.76 Å². The molecule has 2 heteroatoms. The van der Waals surface area contributed by atoms with Crippen LogP contribution in [0.5, 0.6) is 0 Å². The summed E-state index contributed by atoms with van der Waals surface area (Å²) < 4.78 is 5.42. The summed E-state index contributed by atoms with van der Waals surface area (Å²) in [5, 5.41) is 0. The van der Waals surface area contributed by atoms with Crippen molar-refractivity contribution in [3.63, 3.8) is 0 Å². The van der Waals surface area contributed by atoms with Crippen LogP contribution in [0, 0.1) is 11.8 Å². The van der Waals surface area contributed by atoms with Gasteiger partial charge in [0.25, 0.3) is 0 Å². The molecule has 0 radical (unpaired) electrons. The summed E-state index contributed by atoms with van der Waals surface area (Å²) in [5.74, 6) is 1.50.